The van der Waals surface area contributed by atoms with Gasteiger partial charge in [-0.2, -0.15) is 0 Å². The van der Waals surface area contributed by atoms with Crippen LogP contribution in [0, 0.1) is 0 Å². The van der Waals surface area contributed by atoms with Crippen LogP contribution in [0.1, 0.15) is 5.56 Å². The molecule has 1 heterocycles. The Morgan fingerprint density at radius 2 is 2.27 bits per heavy atom. The van der Waals surface area contributed by atoms with Gasteiger partial charge in [-0.15, -0.1) is 0 Å². The van der Waals surface area contributed by atoms with Gasteiger partial charge in [0.1, 0.15) is 11.8 Å². The highest BCUT2D eigenvalue weighted by Crippen LogP contribution is 2.11. The van der Waals surface area contributed by atoms with Crippen LogP contribution in [0.4, 0.5) is 0 Å². The Morgan fingerprint density at radius 3 is 2.87 bits per heavy atom. The van der Waals surface area contributed by atoms with Crippen molar-refractivity contribution in [2.45, 2.75) is 12.5 Å². The van der Waals surface area contributed by atoms with E-state index in [0.29, 0.717) is 12.2 Å². The van der Waals surface area contributed by atoms with Crippen molar-refractivity contribution >= 4 is 5.97 Å². The largest absolute Gasteiger partial charge is 0.495 e. The molecule has 5 nitrogen and oxygen atoms in total. The summed E-state index contributed by atoms with van der Waals surface area (Å²) in [6.07, 6.45) is 3.62. The monoisotopic (exact) mass is 210 g/mol. The number of nitrogens with two attached hydrogens (primary N) is 1. The smallest absolute Gasteiger partial charge is 0.322 e. The van der Waals surface area contributed by atoms with Crippen molar-refractivity contribution < 1.29 is 14.3 Å². The lowest BCUT2D eigenvalue weighted by atomic mass is 10.1. The van der Waals surface area contributed by atoms with Gasteiger partial charge in [0, 0.05) is 6.20 Å². The molecule has 1 atom stereocenters. The van der Waals surface area contributed by atoms with Crippen molar-refractivity contribution in [1.82, 2.24) is 4.98 Å². The summed E-state index contributed by atoms with van der Waals surface area (Å²) in [7, 11) is 2.87. The predicted octanol–water partition coefficient (Wildman–Crippen LogP) is 0.133. The lowest BCUT2D eigenvalue weighted by molar-refractivity contribution is -0.142. The summed E-state index contributed by atoms with van der Waals surface area (Å²) in [6, 6.07) is 1.12. The zero-order chi connectivity index (χ0) is 11.3. The first-order valence-electron chi connectivity index (χ1n) is 4.48. The molecule has 0 radical (unpaired) electrons. The van der Waals surface area contributed by atoms with E-state index in [4.69, 9.17) is 10.5 Å². The Balaban J connectivity index is 2.67. The van der Waals surface area contributed by atoms with E-state index >= 15 is 0 Å². The van der Waals surface area contributed by atoms with E-state index < -0.39 is 12.0 Å². The van der Waals surface area contributed by atoms with Crippen LogP contribution < -0.4 is 10.5 Å². The Morgan fingerprint density at radius 1 is 1.53 bits per heavy atom. The molecule has 1 rings (SSSR count). The minimum atomic E-state index is -0.663. The normalized spacial score (nSPS) is 11.9. The van der Waals surface area contributed by atoms with E-state index in [0.717, 1.165) is 5.56 Å². The van der Waals surface area contributed by atoms with Gasteiger partial charge >= 0.3 is 5.97 Å². The molecule has 0 fully saturated rings. The fourth-order valence-corrected chi connectivity index (χ4v) is 1.18. The topological polar surface area (TPSA) is 74.4 Å². The first kappa shape index (κ1) is 11.5. The molecule has 2 N–H and O–H groups in total. The summed E-state index contributed by atoms with van der Waals surface area (Å²) in [4.78, 5) is 15.0. The van der Waals surface area contributed by atoms with Gasteiger partial charge in [-0.25, -0.2) is 0 Å². The lowest BCUT2D eigenvalue weighted by Gasteiger charge is -2.09. The standard InChI is InChI=1S/C10H14N2O3/c1-14-8-3-7(5-12-6-8)4-9(11)10(13)15-2/h3,5-6,9H,4,11H2,1-2H3/t9-/m1/s1. The highest BCUT2D eigenvalue weighted by atomic mass is 16.5. The summed E-state index contributed by atoms with van der Waals surface area (Å²) in [5, 5.41) is 0. The second kappa shape index (κ2) is 5.31. The highest BCUT2D eigenvalue weighted by Gasteiger charge is 2.14. The third-order valence-electron chi connectivity index (χ3n) is 1.97. The van der Waals surface area contributed by atoms with Crippen LogP contribution in [0.15, 0.2) is 18.5 Å². The maximum absolute atomic E-state index is 11.1. The van der Waals surface area contributed by atoms with Gasteiger partial charge in [0.05, 0.1) is 20.4 Å². The second-order valence-electron chi connectivity index (χ2n) is 3.07. The second-order valence-corrected chi connectivity index (χ2v) is 3.07. The maximum atomic E-state index is 11.1. The number of aromatic nitrogens is 1. The average Bonchev–Trinajstić information content (AvgIpc) is 2.28. The van der Waals surface area contributed by atoms with Crippen LogP contribution >= 0.6 is 0 Å². The number of carbonyl (C=O) groups excluding carboxylic acids is 1. The number of hydrogen-bond donors (Lipinski definition) is 1. The molecule has 0 aliphatic carbocycles. The molecule has 15 heavy (non-hydrogen) atoms. The van der Waals surface area contributed by atoms with Gasteiger partial charge in [-0.3, -0.25) is 9.78 Å². The fourth-order valence-electron chi connectivity index (χ4n) is 1.18. The molecule has 0 spiro atoms. The summed E-state index contributed by atoms with van der Waals surface area (Å²) >= 11 is 0. The van der Waals surface area contributed by atoms with Gasteiger partial charge in [-0.05, 0) is 18.1 Å². The first-order valence-corrected chi connectivity index (χ1v) is 4.48. The van der Waals surface area contributed by atoms with Crippen LogP contribution in [0.2, 0.25) is 0 Å². The molecule has 0 bridgehead atoms. The zero-order valence-electron chi connectivity index (χ0n) is 8.77. The molecule has 1 aromatic heterocycles. The molecule has 0 amide bonds. The lowest BCUT2D eigenvalue weighted by Crippen LogP contribution is -2.33. The Labute approximate surface area is 88.2 Å². The van der Waals surface area contributed by atoms with E-state index in [1.807, 2.05) is 0 Å². The van der Waals surface area contributed by atoms with Gasteiger partial charge < -0.3 is 15.2 Å². The van der Waals surface area contributed by atoms with Crippen LogP contribution in [-0.2, 0) is 16.0 Å². The predicted molar refractivity (Wildman–Crippen MR) is 54.5 cm³/mol. The number of methoxy groups -OCH3 is 2. The third-order valence-corrected chi connectivity index (χ3v) is 1.97. The van der Waals surface area contributed by atoms with Crippen molar-refractivity contribution in [1.29, 1.82) is 0 Å². The fraction of sp³-hybridized carbons (Fsp3) is 0.400. The molecular formula is C10H14N2O3. The zero-order valence-corrected chi connectivity index (χ0v) is 8.77. The number of pyridine rings is 1. The minimum absolute atomic E-state index is 0.386. The van der Waals surface area contributed by atoms with Crippen molar-refractivity contribution in [2.75, 3.05) is 14.2 Å². The quantitative estimate of drug-likeness (QED) is 0.715. The van der Waals surface area contributed by atoms with Gasteiger partial charge in [0.15, 0.2) is 0 Å². The van der Waals surface area contributed by atoms with Crippen molar-refractivity contribution in [3.8, 4) is 5.75 Å². The maximum Gasteiger partial charge on any atom is 0.322 e. The van der Waals surface area contributed by atoms with E-state index in [1.54, 1.807) is 25.6 Å². The van der Waals surface area contributed by atoms with E-state index in [1.165, 1.54) is 7.11 Å². The number of esters is 1. The highest BCUT2D eigenvalue weighted by molar-refractivity contribution is 5.75. The van der Waals surface area contributed by atoms with Crippen LogP contribution in [-0.4, -0.2) is 31.2 Å². The molecule has 0 unspecified atom stereocenters. The number of carbonyl (C=O) groups is 1. The van der Waals surface area contributed by atoms with Gasteiger partial charge in [-0.1, -0.05) is 0 Å². The Hall–Kier alpha value is -1.62. The average molecular weight is 210 g/mol. The van der Waals surface area contributed by atoms with E-state index in [9.17, 15) is 4.79 Å². The van der Waals surface area contributed by atoms with Crippen LogP contribution in [0.3, 0.4) is 0 Å². The third kappa shape index (κ3) is 3.21. The molecule has 1 aromatic rings. The molecule has 82 valence electrons. The summed E-state index contributed by atoms with van der Waals surface area (Å²) in [5.41, 5.74) is 6.45. The first-order chi connectivity index (χ1) is 7.17. The van der Waals surface area contributed by atoms with Crippen molar-refractivity contribution in [3.63, 3.8) is 0 Å². The van der Waals surface area contributed by atoms with Crippen molar-refractivity contribution in [2.24, 2.45) is 5.73 Å². The minimum Gasteiger partial charge on any atom is -0.495 e. The van der Waals surface area contributed by atoms with E-state index in [2.05, 4.69) is 9.72 Å². The summed E-state index contributed by atoms with van der Waals surface area (Å²) in [5.74, 6) is 0.211. The molecule has 0 aliphatic heterocycles. The molecule has 0 saturated heterocycles. The SMILES string of the molecule is COC(=O)[C@H](N)Cc1cncc(OC)c1. The molecule has 5 heteroatoms. The molecule has 0 aliphatic rings. The molecule has 0 saturated carbocycles. The van der Waals surface area contributed by atoms with Crippen LogP contribution in [0.5, 0.6) is 5.75 Å². The van der Waals surface area contributed by atoms with Gasteiger partial charge in [0.25, 0.3) is 0 Å². The molecular weight excluding hydrogens is 196 g/mol. The van der Waals surface area contributed by atoms with Crippen LogP contribution in [0.25, 0.3) is 0 Å². The van der Waals surface area contributed by atoms with E-state index in [-0.39, 0.29) is 0 Å². The van der Waals surface area contributed by atoms with Gasteiger partial charge in [0.2, 0.25) is 0 Å². The Bertz CT molecular complexity index is 341. The number of ether oxygens (including phenoxy) is 2. The number of hydrogen-bond acceptors (Lipinski definition) is 5. The van der Waals surface area contributed by atoms with Crippen molar-refractivity contribution in [3.05, 3.63) is 24.0 Å². The number of nitrogens with zero attached hydrogens (tertiary/aromatic N) is 1. The Kier molecular flexibility index (Phi) is 4.05. The number of rotatable bonds is 4. The summed E-state index contributed by atoms with van der Waals surface area (Å²) < 4.78 is 9.53. The summed E-state index contributed by atoms with van der Waals surface area (Å²) in [6.45, 7) is 0. The molecule has 0 aromatic carbocycles.